The lowest BCUT2D eigenvalue weighted by Gasteiger charge is -2.27. The second kappa shape index (κ2) is 10.9. The molecule has 4 heteroatoms. The van der Waals surface area contributed by atoms with Crippen LogP contribution in [0.2, 0.25) is 0 Å². The van der Waals surface area contributed by atoms with E-state index in [1.54, 1.807) is 13.2 Å². The second-order valence-corrected chi connectivity index (χ2v) is 4.86. The van der Waals surface area contributed by atoms with Gasteiger partial charge in [0.25, 0.3) is 0 Å². The summed E-state index contributed by atoms with van der Waals surface area (Å²) < 4.78 is 10.5. The molecule has 21 heavy (non-hydrogen) atoms. The van der Waals surface area contributed by atoms with Crippen LogP contribution in [0.4, 0.5) is 4.79 Å². The summed E-state index contributed by atoms with van der Waals surface area (Å²) in [7, 11) is 1.72. The SMILES string of the molecule is C=CCNC(=O)O[C@H]1CC[C@H](OC)CC1.c1ccccc1. The monoisotopic (exact) mass is 291 g/mol. The van der Waals surface area contributed by atoms with Gasteiger partial charge in [-0.25, -0.2) is 4.79 Å². The Morgan fingerprint density at radius 2 is 1.57 bits per heavy atom. The van der Waals surface area contributed by atoms with Gasteiger partial charge in [-0.3, -0.25) is 0 Å². The van der Waals surface area contributed by atoms with Crippen LogP contribution in [-0.4, -0.2) is 32.0 Å². The first kappa shape index (κ1) is 17.2. The van der Waals surface area contributed by atoms with Crippen molar-refractivity contribution in [1.82, 2.24) is 5.32 Å². The summed E-state index contributed by atoms with van der Waals surface area (Å²) in [6.45, 7) is 3.96. The highest BCUT2D eigenvalue weighted by atomic mass is 16.6. The summed E-state index contributed by atoms with van der Waals surface area (Å²) in [6.07, 6.45) is 5.37. The van der Waals surface area contributed by atoms with Crippen LogP contribution in [0.5, 0.6) is 0 Å². The maximum Gasteiger partial charge on any atom is 0.407 e. The molecule has 0 bridgehead atoms. The van der Waals surface area contributed by atoms with Crippen molar-refractivity contribution >= 4 is 6.09 Å². The van der Waals surface area contributed by atoms with Gasteiger partial charge >= 0.3 is 6.09 Å². The highest BCUT2D eigenvalue weighted by molar-refractivity contribution is 5.67. The highest BCUT2D eigenvalue weighted by Crippen LogP contribution is 2.22. The van der Waals surface area contributed by atoms with Crippen LogP contribution in [0.3, 0.4) is 0 Å². The molecule has 1 saturated carbocycles. The lowest BCUT2D eigenvalue weighted by atomic mass is 9.95. The Labute approximate surface area is 127 Å². The molecule has 0 heterocycles. The molecule has 2 rings (SSSR count). The summed E-state index contributed by atoms with van der Waals surface area (Å²) in [5, 5.41) is 2.59. The van der Waals surface area contributed by atoms with Crippen LogP contribution in [0.25, 0.3) is 0 Å². The van der Waals surface area contributed by atoms with Gasteiger partial charge in [0, 0.05) is 13.7 Å². The summed E-state index contributed by atoms with van der Waals surface area (Å²) in [6, 6.07) is 12.0. The van der Waals surface area contributed by atoms with E-state index in [1.165, 1.54) is 0 Å². The number of nitrogens with one attached hydrogen (secondary N) is 1. The van der Waals surface area contributed by atoms with E-state index in [1.807, 2.05) is 36.4 Å². The maximum atomic E-state index is 11.2. The molecular weight excluding hydrogens is 266 g/mol. The van der Waals surface area contributed by atoms with E-state index in [0.29, 0.717) is 12.6 Å². The van der Waals surface area contributed by atoms with E-state index in [0.717, 1.165) is 25.7 Å². The minimum Gasteiger partial charge on any atom is -0.446 e. The molecule has 1 amide bonds. The molecule has 0 spiro atoms. The van der Waals surface area contributed by atoms with E-state index in [2.05, 4.69) is 11.9 Å². The van der Waals surface area contributed by atoms with Crippen molar-refractivity contribution in [2.75, 3.05) is 13.7 Å². The molecular formula is C17H25NO3. The Morgan fingerprint density at radius 3 is 2.00 bits per heavy atom. The molecule has 1 aliphatic rings. The minimum absolute atomic E-state index is 0.0428. The molecule has 1 aliphatic carbocycles. The number of carbonyl (C=O) groups excluding carboxylic acids is 1. The molecule has 0 aliphatic heterocycles. The summed E-state index contributed by atoms with van der Waals surface area (Å²) in [4.78, 5) is 11.2. The fourth-order valence-electron chi connectivity index (χ4n) is 2.12. The van der Waals surface area contributed by atoms with Crippen LogP contribution < -0.4 is 5.32 Å². The molecule has 0 unspecified atom stereocenters. The molecule has 1 aromatic carbocycles. The van der Waals surface area contributed by atoms with Crippen molar-refractivity contribution in [2.45, 2.75) is 37.9 Å². The number of ether oxygens (including phenoxy) is 2. The molecule has 0 radical (unpaired) electrons. The fraction of sp³-hybridized carbons (Fsp3) is 0.471. The van der Waals surface area contributed by atoms with Crippen LogP contribution >= 0.6 is 0 Å². The van der Waals surface area contributed by atoms with Gasteiger partial charge in [0.1, 0.15) is 6.10 Å². The van der Waals surface area contributed by atoms with Gasteiger partial charge in [-0.05, 0) is 25.7 Å². The topological polar surface area (TPSA) is 47.6 Å². The quantitative estimate of drug-likeness (QED) is 0.863. The Hall–Kier alpha value is -1.81. The Balaban J connectivity index is 0.000000304. The second-order valence-electron chi connectivity index (χ2n) is 4.86. The standard InChI is InChI=1S/C11H19NO3.C6H6/c1-3-8-12-11(13)15-10-6-4-9(14-2)5-7-10;1-2-4-6-5-3-1/h3,9-10H,1,4-8H2,2H3,(H,12,13);1-6H/t9-,10-;. The molecule has 0 atom stereocenters. The fourth-order valence-corrected chi connectivity index (χ4v) is 2.12. The molecule has 1 fully saturated rings. The van der Waals surface area contributed by atoms with Crippen LogP contribution in [0, 0.1) is 0 Å². The normalized spacial score (nSPS) is 20.6. The number of benzene rings is 1. The lowest BCUT2D eigenvalue weighted by molar-refractivity contribution is 0.0136. The van der Waals surface area contributed by atoms with Gasteiger partial charge in [0.2, 0.25) is 0 Å². The van der Waals surface area contributed by atoms with Crippen LogP contribution in [0.1, 0.15) is 25.7 Å². The van der Waals surface area contributed by atoms with E-state index in [4.69, 9.17) is 9.47 Å². The number of amides is 1. The summed E-state index contributed by atoms with van der Waals surface area (Å²) in [5.41, 5.74) is 0. The van der Waals surface area contributed by atoms with Crippen LogP contribution in [-0.2, 0) is 9.47 Å². The lowest BCUT2D eigenvalue weighted by Crippen LogP contribution is -2.32. The number of rotatable bonds is 4. The zero-order valence-electron chi connectivity index (χ0n) is 12.7. The van der Waals surface area contributed by atoms with Gasteiger partial charge in [-0.15, -0.1) is 6.58 Å². The van der Waals surface area contributed by atoms with Crippen molar-refractivity contribution in [3.63, 3.8) is 0 Å². The summed E-state index contributed by atoms with van der Waals surface area (Å²) >= 11 is 0. The van der Waals surface area contributed by atoms with Gasteiger partial charge in [0.15, 0.2) is 0 Å². The third-order valence-corrected chi connectivity index (χ3v) is 3.29. The first-order chi connectivity index (χ1) is 10.3. The van der Waals surface area contributed by atoms with Gasteiger partial charge < -0.3 is 14.8 Å². The minimum atomic E-state index is -0.351. The largest absolute Gasteiger partial charge is 0.446 e. The molecule has 116 valence electrons. The molecule has 0 saturated heterocycles. The Kier molecular flexibility index (Phi) is 8.96. The Bertz CT molecular complexity index is 360. The molecule has 1 N–H and O–H groups in total. The predicted molar refractivity (Wildman–Crippen MR) is 84.2 cm³/mol. The average molecular weight is 291 g/mol. The summed E-state index contributed by atoms with van der Waals surface area (Å²) in [5.74, 6) is 0. The van der Waals surface area contributed by atoms with Crippen molar-refractivity contribution in [2.24, 2.45) is 0 Å². The first-order valence-electron chi connectivity index (χ1n) is 7.34. The maximum absolute atomic E-state index is 11.2. The number of hydrogen-bond acceptors (Lipinski definition) is 3. The van der Waals surface area contributed by atoms with Crippen molar-refractivity contribution in [1.29, 1.82) is 0 Å². The third kappa shape index (κ3) is 8.15. The predicted octanol–water partition coefficient (Wildman–Crippen LogP) is 3.54. The van der Waals surface area contributed by atoms with Gasteiger partial charge in [-0.2, -0.15) is 0 Å². The van der Waals surface area contributed by atoms with E-state index >= 15 is 0 Å². The van der Waals surface area contributed by atoms with Gasteiger partial charge in [0.05, 0.1) is 6.10 Å². The van der Waals surface area contributed by atoms with E-state index in [9.17, 15) is 4.79 Å². The zero-order chi connectivity index (χ0) is 15.3. The smallest absolute Gasteiger partial charge is 0.407 e. The molecule has 0 aromatic heterocycles. The number of methoxy groups -OCH3 is 1. The van der Waals surface area contributed by atoms with Crippen LogP contribution in [0.15, 0.2) is 49.1 Å². The molecule has 1 aromatic rings. The number of carbonyl (C=O) groups is 1. The third-order valence-electron chi connectivity index (χ3n) is 3.29. The molecule has 4 nitrogen and oxygen atoms in total. The van der Waals surface area contributed by atoms with E-state index in [-0.39, 0.29) is 12.2 Å². The van der Waals surface area contributed by atoms with E-state index < -0.39 is 0 Å². The van der Waals surface area contributed by atoms with Gasteiger partial charge in [-0.1, -0.05) is 42.5 Å². The van der Waals surface area contributed by atoms with Crippen molar-refractivity contribution in [3.8, 4) is 0 Å². The average Bonchev–Trinajstić information content (AvgIpc) is 2.56. The van der Waals surface area contributed by atoms with Crippen molar-refractivity contribution in [3.05, 3.63) is 49.1 Å². The highest BCUT2D eigenvalue weighted by Gasteiger charge is 2.23. The number of alkyl carbamates (subject to hydrolysis) is 1. The number of hydrogen-bond donors (Lipinski definition) is 1. The first-order valence-corrected chi connectivity index (χ1v) is 7.34. The zero-order valence-corrected chi connectivity index (χ0v) is 12.7. The Morgan fingerprint density at radius 1 is 1.10 bits per heavy atom. The van der Waals surface area contributed by atoms with Crippen molar-refractivity contribution < 1.29 is 14.3 Å².